The van der Waals surface area contributed by atoms with E-state index < -0.39 is 0 Å². The van der Waals surface area contributed by atoms with Crippen molar-refractivity contribution in [2.75, 3.05) is 31.0 Å². The number of aromatic nitrogens is 2. The Morgan fingerprint density at radius 3 is 2.47 bits per heavy atom. The normalized spacial score (nSPS) is 10.8. The van der Waals surface area contributed by atoms with Crippen molar-refractivity contribution in [2.24, 2.45) is 0 Å². The van der Waals surface area contributed by atoms with Crippen molar-refractivity contribution in [3.63, 3.8) is 0 Å². The van der Waals surface area contributed by atoms with Crippen LogP contribution >= 0.6 is 0 Å². The Hall–Kier alpha value is -3.55. The van der Waals surface area contributed by atoms with Gasteiger partial charge in [0.1, 0.15) is 11.5 Å². The molecule has 0 unspecified atom stereocenters. The van der Waals surface area contributed by atoms with Crippen molar-refractivity contribution in [3.05, 3.63) is 47.8 Å². The number of nitrogens with one attached hydrogen (secondary N) is 1. The lowest BCUT2D eigenvalue weighted by molar-refractivity contribution is -0.116. The van der Waals surface area contributed by atoms with Gasteiger partial charge in [0.15, 0.2) is 11.5 Å². The molecule has 2 amide bonds. The summed E-state index contributed by atoms with van der Waals surface area (Å²) >= 11 is 0. The number of unbranched alkanes of at least 4 members (excludes halogenated alkanes) is 1. The zero-order chi connectivity index (χ0) is 23.3. The number of pyridine rings is 1. The highest BCUT2D eigenvalue weighted by Crippen LogP contribution is 2.30. The second-order valence-electron chi connectivity index (χ2n) is 7.43. The van der Waals surface area contributed by atoms with E-state index in [0.29, 0.717) is 41.4 Å². The van der Waals surface area contributed by atoms with Gasteiger partial charge in [0.2, 0.25) is 5.91 Å². The third-order valence-corrected chi connectivity index (χ3v) is 5.27. The Kier molecular flexibility index (Phi) is 7.35. The fourth-order valence-electron chi connectivity index (χ4n) is 3.58. The molecule has 2 heterocycles. The van der Waals surface area contributed by atoms with E-state index >= 15 is 0 Å². The van der Waals surface area contributed by atoms with E-state index in [1.807, 2.05) is 11.3 Å². The largest absolute Gasteiger partial charge is 0.493 e. The molecule has 1 aromatic carbocycles. The number of imidazole rings is 1. The first-order valence-corrected chi connectivity index (χ1v) is 10.8. The number of rotatable bonds is 9. The SMILES string of the molecule is CCCCN(C(C)=O)c1c(CC)nc2ccc(C(=O)Nc3ccc(OC)c(OC)c3)cn12. The topological polar surface area (TPSA) is 85.2 Å². The van der Waals surface area contributed by atoms with Crippen LogP contribution in [0.2, 0.25) is 0 Å². The summed E-state index contributed by atoms with van der Waals surface area (Å²) in [6.07, 6.45) is 4.27. The minimum absolute atomic E-state index is 0.0462. The highest BCUT2D eigenvalue weighted by atomic mass is 16.5. The number of carbonyl (C=O) groups is 2. The number of ether oxygens (including phenoxy) is 2. The number of aryl methyl sites for hydroxylation is 1. The van der Waals surface area contributed by atoms with Crippen LogP contribution in [0.3, 0.4) is 0 Å². The molecule has 0 radical (unpaired) electrons. The Morgan fingerprint density at radius 2 is 1.84 bits per heavy atom. The molecule has 0 atom stereocenters. The highest BCUT2D eigenvalue weighted by molar-refractivity contribution is 6.04. The number of carbonyl (C=O) groups excluding carboxylic acids is 2. The Morgan fingerprint density at radius 1 is 1.09 bits per heavy atom. The standard InChI is InChI=1S/C24H30N4O4/c1-6-8-13-27(16(3)29)24-19(7-2)26-22-12-9-17(15-28(22)24)23(30)25-18-10-11-20(31-4)21(14-18)32-5/h9-12,14-15H,6-8,13H2,1-5H3,(H,25,30). The summed E-state index contributed by atoms with van der Waals surface area (Å²) in [4.78, 5) is 31.8. The molecule has 0 bridgehead atoms. The maximum atomic E-state index is 13.0. The molecule has 0 saturated heterocycles. The summed E-state index contributed by atoms with van der Waals surface area (Å²) in [5.74, 6) is 1.51. The Balaban J connectivity index is 1.98. The van der Waals surface area contributed by atoms with E-state index in [2.05, 4.69) is 17.2 Å². The number of hydrogen-bond donors (Lipinski definition) is 1. The van der Waals surface area contributed by atoms with Gasteiger partial charge in [-0.05, 0) is 37.1 Å². The van der Waals surface area contributed by atoms with Gasteiger partial charge in [-0.3, -0.25) is 18.9 Å². The smallest absolute Gasteiger partial charge is 0.257 e. The molecule has 3 aromatic rings. The first kappa shape index (κ1) is 23.1. The third kappa shape index (κ3) is 4.69. The molecular formula is C24H30N4O4. The van der Waals surface area contributed by atoms with E-state index in [1.165, 1.54) is 0 Å². The van der Waals surface area contributed by atoms with E-state index in [4.69, 9.17) is 9.47 Å². The third-order valence-electron chi connectivity index (χ3n) is 5.27. The average Bonchev–Trinajstić information content (AvgIpc) is 3.16. The van der Waals surface area contributed by atoms with Gasteiger partial charge < -0.3 is 14.8 Å². The van der Waals surface area contributed by atoms with E-state index in [1.54, 1.807) is 62.6 Å². The minimum atomic E-state index is -0.278. The molecule has 0 spiro atoms. The molecule has 32 heavy (non-hydrogen) atoms. The molecule has 8 heteroatoms. The molecule has 0 saturated carbocycles. The van der Waals surface area contributed by atoms with Crippen LogP contribution in [0.4, 0.5) is 11.5 Å². The van der Waals surface area contributed by atoms with Crippen molar-refractivity contribution < 1.29 is 19.1 Å². The van der Waals surface area contributed by atoms with Gasteiger partial charge in [-0.1, -0.05) is 20.3 Å². The van der Waals surface area contributed by atoms with E-state index in [-0.39, 0.29) is 11.8 Å². The number of hydrogen-bond acceptors (Lipinski definition) is 5. The van der Waals surface area contributed by atoms with Gasteiger partial charge in [0.25, 0.3) is 5.91 Å². The lowest BCUT2D eigenvalue weighted by Gasteiger charge is -2.21. The van der Waals surface area contributed by atoms with Crippen LogP contribution in [0.25, 0.3) is 5.65 Å². The van der Waals surface area contributed by atoms with Crippen molar-refractivity contribution in [3.8, 4) is 11.5 Å². The monoisotopic (exact) mass is 438 g/mol. The summed E-state index contributed by atoms with van der Waals surface area (Å²) in [6, 6.07) is 8.71. The molecule has 3 rings (SSSR count). The second-order valence-corrected chi connectivity index (χ2v) is 7.43. The summed E-state index contributed by atoms with van der Waals surface area (Å²) in [7, 11) is 3.10. The second kappa shape index (κ2) is 10.2. The lowest BCUT2D eigenvalue weighted by atomic mass is 10.2. The molecule has 2 aromatic heterocycles. The molecule has 0 aliphatic carbocycles. The van der Waals surface area contributed by atoms with E-state index in [0.717, 1.165) is 24.4 Å². The maximum Gasteiger partial charge on any atom is 0.257 e. The van der Waals surface area contributed by atoms with Gasteiger partial charge in [-0.25, -0.2) is 4.98 Å². The minimum Gasteiger partial charge on any atom is -0.493 e. The van der Waals surface area contributed by atoms with Crippen LogP contribution in [-0.2, 0) is 11.2 Å². The lowest BCUT2D eigenvalue weighted by Crippen LogP contribution is -2.31. The first-order chi connectivity index (χ1) is 15.4. The molecule has 170 valence electrons. The van der Waals surface area contributed by atoms with Crippen molar-refractivity contribution in [1.82, 2.24) is 9.38 Å². The Labute approximate surface area is 188 Å². The van der Waals surface area contributed by atoms with Crippen LogP contribution in [0.1, 0.15) is 49.7 Å². The number of methoxy groups -OCH3 is 2. The Bertz CT molecular complexity index is 1120. The predicted octanol–water partition coefficient (Wildman–Crippen LogP) is 4.32. The van der Waals surface area contributed by atoms with Gasteiger partial charge in [-0.2, -0.15) is 0 Å². The van der Waals surface area contributed by atoms with Crippen molar-refractivity contribution >= 4 is 29.0 Å². The summed E-state index contributed by atoms with van der Waals surface area (Å²) in [5.41, 5.74) is 2.56. The molecule has 0 aliphatic rings. The fourth-order valence-corrected chi connectivity index (χ4v) is 3.58. The predicted molar refractivity (Wildman–Crippen MR) is 125 cm³/mol. The zero-order valence-corrected chi connectivity index (χ0v) is 19.3. The van der Waals surface area contributed by atoms with E-state index in [9.17, 15) is 9.59 Å². The first-order valence-electron chi connectivity index (χ1n) is 10.8. The number of fused-ring (bicyclic) bond motifs is 1. The van der Waals surface area contributed by atoms with Gasteiger partial charge >= 0.3 is 0 Å². The summed E-state index contributed by atoms with van der Waals surface area (Å²) in [5, 5.41) is 2.89. The quantitative estimate of drug-likeness (QED) is 0.538. The number of amides is 2. The van der Waals surface area contributed by atoms with Crippen molar-refractivity contribution in [1.29, 1.82) is 0 Å². The molecule has 8 nitrogen and oxygen atoms in total. The zero-order valence-electron chi connectivity index (χ0n) is 19.3. The maximum absolute atomic E-state index is 13.0. The van der Waals surface area contributed by atoms with Crippen LogP contribution in [0, 0.1) is 0 Å². The fraction of sp³-hybridized carbons (Fsp3) is 0.375. The highest BCUT2D eigenvalue weighted by Gasteiger charge is 2.21. The molecule has 0 aliphatic heterocycles. The van der Waals surface area contributed by atoms with Crippen LogP contribution in [-0.4, -0.2) is 42.0 Å². The average molecular weight is 439 g/mol. The van der Waals surface area contributed by atoms with Gasteiger partial charge in [0, 0.05) is 31.4 Å². The van der Waals surface area contributed by atoms with Crippen LogP contribution < -0.4 is 19.7 Å². The number of nitrogens with zero attached hydrogens (tertiary/aromatic N) is 3. The van der Waals surface area contributed by atoms with Gasteiger partial charge in [0.05, 0.1) is 25.5 Å². The van der Waals surface area contributed by atoms with Crippen LogP contribution in [0.5, 0.6) is 11.5 Å². The van der Waals surface area contributed by atoms with Crippen molar-refractivity contribution in [2.45, 2.75) is 40.0 Å². The summed E-state index contributed by atoms with van der Waals surface area (Å²) < 4.78 is 12.4. The number of anilines is 2. The van der Waals surface area contributed by atoms with Gasteiger partial charge in [-0.15, -0.1) is 0 Å². The molecule has 1 N–H and O–H groups in total. The summed E-state index contributed by atoms with van der Waals surface area (Å²) in [6.45, 7) is 6.26. The molecular weight excluding hydrogens is 408 g/mol. The van der Waals surface area contributed by atoms with Crippen LogP contribution in [0.15, 0.2) is 36.5 Å². The molecule has 0 fully saturated rings. The number of benzene rings is 1.